The first-order valence-corrected chi connectivity index (χ1v) is 11.5. The van der Waals surface area contributed by atoms with Gasteiger partial charge in [0.25, 0.3) is 10.0 Å². The highest BCUT2D eigenvalue weighted by atomic mass is 32.2. The van der Waals surface area contributed by atoms with Gasteiger partial charge >= 0.3 is 0 Å². The molecular formula is C22H20N2O3S2. The molecule has 148 valence electrons. The number of nitrogens with one attached hydrogen (secondary N) is 1. The Morgan fingerprint density at radius 1 is 0.966 bits per heavy atom. The molecule has 29 heavy (non-hydrogen) atoms. The molecule has 0 aliphatic heterocycles. The van der Waals surface area contributed by atoms with E-state index >= 15 is 0 Å². The molecule has 7 heteroatoms. The summed E-state index contributed by atoms with van der Waals surface area (Å²) in [5, 5.41) is 4.03. The molecule has 5 nitrogen and oxygen atoms in total. The van der Waals surface area contributed by atoms with Crippen LogP contribution in [0.4, 0.5) is 5.13 Å². The Kier molecular flexibility index (Phi) is 5.25. The predicted octanol–water partition coefficient (Wildman–Crippen LogP) is 5.55. The molecule has 3 aromatic carbocycles. The third kappa shape index (κ3) is 4.41. The standard InChI is InChI=1S/C22H20N2O3S2/c1-15(2)27-19-10-7-17(8-11-19)21-14-28-22(23-21)24-29(25,26)20-12-9-16-5-3-4-6-18(16)13-20/h3-15H,1-2H3,(H,23,24). The second-order valence-corrected chi connectivity index (χ2v) is 9.38. The van der Waals surface area contributed by atoms with Crippen molar-refractivity contribution < 1.29 is 13.2 Å². The van der Waals surface area contributed by atoms with Crippen LogP contribution in [0, 0.1) is 0 Å². The average Bonchev–Trinajstić information content (AvgIpc) is 3.15. The van der Waals surface area contributed by atoms with Gasteiger partial charge in [-0.15, -0.1) is 11.3 Å². The van der Waals surface area contributed by atoms with Crippen LogP contribution in [0.5, 0.6) is 5.75 Å². The first-order valence-electron chi connectivity index (χ1n) is 9.15. The molecule has 0 bridgehead atoms. The smallest absolute Gasteiger partial charge is 0.263 e. The zero-order chi connectivity index (χ0) is 20.4. The summed E-state index contributed by atoms with van der Waals surface area (Å²) in [6.45, 7) is 3.95. The van der Waals surface area contributed by atoms with Crippen molar-refractivity contribution in [1.29, 1.82) is 0 Å². The first kappa shape index (κ1) is 19.4. The van der Waals surface area contributed by atoms with Crippen molar-refractivity contribution in [3.63, 3.8) is 0 Å². The molecule has 4 rings (SSSR count). The number of benzene rings is 3. The Hall–Kier alpha value is -2.90. The Morgan fingerprint density at radius 2 is 1.69 bits per heavy atom. The highest BCUT2D eigenvalue weighted by molar-refractivity contribution is 7.93. The van der Waals surface area contributed by atoms with Gasteiger partial charge in [0.05, 0.1) is 16.7 Å². The number of sulfonamides is 1. The molecular weight excluding hydrogens is 404 g/mol. The fourth-order valence-electron chi connectivity index (χ4n) is 2.94. The van der Waals surface area contributed by atoms with E-state index in [1.807, 2.05) is 67.8 Å². The zero-order valence-corrected chi connectivity index (χ0v) is 17.6. The Bertz CT molecular complexity index is 1250. The number of fused-ring (bicyclic) bond motifs is 1. The molecule has 1 N–H and O–H groups in total. The number of rotatable bonds is 6. The summed E-state index contributed by atoms with van der Waals surface area (Å²) >= 11 is 1.25. The van der Waals surface area contributed by atoms with E-state index < -0.39 is 10.0 Å². The number of aromatic nitrogens is 1. The number of ether oxygens (including phenoxy) is 1. The SMILES string of the molecule is CC(C)Oc1ccc(-c2csc(NS(=O)(=O)c3ccc4ccccc4c3)n2)cc1. The molecule has 0 aliphatic carbocycles. The monoisotopic (exact) mass is 424 g/mol. The molecule has 1 heterocycles. The zero-order valence-electron chi connectivity index (χ0n) is 16.0. The van der Waals surface area contributed by atoms with E-state index in [1.165, 1.54) is 11.3 Å². The van der Waals surface area contributed by atoms with Crippen LogP contribution in [0.1, 0.15) is 13.8 Å². The van der Waals surface area contributed by atoms with Crippen LogP contribution in [0.15, 0.2) is 77.0 Å². The van der Waals surface area contributed by atoms with Crippen LogP contribution >= 0.6 is 11.3 Å². The summed E-state index contributed by atoms with van der Waals surface area (Å²) in [7, 11) is -3.72. The van der Waals surface area contributed by atoms with Gasteiger partial charge in [-0.25, -0.2) is 13.4 Å². The van der Waals surface area contributed by atoms with E-state index in [2.05, 4.69) is 9.71 Å². The lowest BCUT2D eigenvalue weighted by Gasteiger charge is -2.09. The lowest BCUT2D eigenvalue weighted by Crippen LogP contribution is -2.12. The van der Waals surface area contributed by atoms with Gasteiger partial charge in [0.1, 0.15) is 5.75 Å². The van der Waals surface area contributed by atoms with E-state index in [1.54, 1.807) is 18.2 Å². The van der Waals surface area contributed by atoms with Crippen LogP contribution in [-0.2, 0) is 10.0 Å². The lowest BCUT2D eigenvalue weighted by molar-refractivity contribution is 0.242. The third-order valence-corrected chi connectivity index (χ3v) is 6.50. The second kappa shape index (κ2) is 7.85. The van der Waals surface area contributed by atoms with Crippen molar-refractivity contribution in [1.82, 2.24) is 4.98 Å². The number of nitrogens with zero attached hydrogens (tertiary/aromatic N) is 1. The number of hydrogen-bond donors (Lipinski definition) is 1. The van der Waals surface area contributed by atoms with Crippen LogP contribution in [-0.4, -0.2) is 19.5 Å². The molecule has 0 fully saturated rings. The molecule has 0 radical (unpaired) electrons. The van der Waals surface area contributed by atoms with E-state index in [0.29, 0.717) is 10.8 Å². The Morgan fingerprint density at radius 3 is 2.41 bits per heavy atom. The van der Waals surface area contributed by atoms with Gasteiger partial charge in [-0.3, -0.25) is 4.72 Å². The van der Waals surface area contributed by atoms with Crippen molar-refractivity contribution >= 4 is 37.3 Å². The summed E-state index contributed by atoms with van der Waals surface area (Å²) in [5.74, 6) is 0.788. The van der Waals surface area contributed by atoms with Gasteiger partial charge in [0.15, 0.2) is 5.13 Å². The van der Waals surface area contributed by atoms with Crippen LogP contribution < -0.4 is 9.46 Å². The van der Waals surface area contributed by atoms with Crippen molar-refractivity contribution in [3.05, 3.63) is 72.1 Å². The fourth-order valence-corrected chi connectivity index (χ4v) is 4.95. The molecule has 0 amide bonds. The Labute approximate surface area is 174 Å². The van der Waals surface area contributed by atoms with Crippen molar-refractivity contribution in [2.75, 3.05) is 4.72 Å². The van der Waals surface area contributed by atoms with Gasteiger partial charge in [0.2, 0.25) is 0 Å². The molecule has 0 saturated carbocycles. The van der Waals surface area contributed by atoms with Gasteiger partial charge in [-0.1, -0.05) is 30.3 Å². The molecule has 0 spiro atoms. The third-order valence-electron chi connectivity index (χ3n) is 4.28. The van der Waals surface area contributed by atoms with Crippen LogP contribution in [0.25, 0.3) is 22.0 Å². The summed E-state index contributed by atoms with van der Waals surface area (Å²) < 4.78 is 33.8. The van der Waals surface area contributed by atoms with Crippen molar-refractivity contribution in [3.8, 4) is 17.0 Å². The summed E-state index contributed by atoms with van der Waals surface area (Å²) in [4.78, 5) is 4.64. The topological polar surface area (TPSA) is 68.3 Å². The minimum Gasteiger partial charge on any atom is -0.491 e. The largest absolute Gasteiger partial charge is 0.491 e. The summed E-state index contributed by atoms with van der Waals surface area (Å²) in [6.07, 6.45) is 0.108. The number of anilines is 1. The maximum absolute atomic E-state index is 12.8. The highest BCUT2D eigenvalue weighted by Gasteiger charge is 2.17. The van der Waals surface area contributed by atoms with Gasteiger partial charge in [-0.05, 0) is 61.0 Å². The summed E-state index contributed by atoms with van der Waals surface area (Å²) in [6, 6.07) is 20.3. The van der Waals surface area contributed by atoms with Crippen molar-refractivity contribution in [2.45, 2.75) is 24.8 Å². The molecule has 0 saturated heterocycles. The first-order chi connectivity index (χ1) is 13.9. The van der Waals surface area contributed by atoms with Crippen LogP contribution in [0.2, 0.25) is 0 Å². The quantitative estimate of drug-likeness (QED) is 0.440. The predicted molar refractivity (Wildman–Crippen MR) is 118 cm³/mol. The van der Waals surface area contributed by atoms with E-state index in [9.17, 15) is 8.42 Å². The highest BCUT2D eigenvalue weighted by Crippen LogP contribution is 2.28. The van der Waals surface area contributed by atoms with E-state index in [4.69, 9.17) is 4.74 Å². The fraction of sp³-hybridized carbons (Fsp3) is 0.136. The van der Waals surface area contributed by atoms with E-state index in [0.717, 1.165) is 22.1 Å². The maximum Gasteiger partial charge on any atom is 0.263 e. The normalized spacial score (nSPS) is 11.7. The van der Waals surface area contributed by atoms with Gasteiger partial charge < -0.3 is 4.74 Å². The molecule has 0 atom stereocenters. The molecule has 0 aliphatic rings. The van der Waals surface area contributed by atoms with Gasteiger partial charge in [-0.2, -0.15) is 0 Å². The van der Waals surface area contributed by atoms with E-state index in [-0.39, 0.29) is 11.0 Å². The van der Waals surface area contributed by atoms with Crippen LogP contribution in [0.3, 0.4) is 0 Å². The minimum absolute atomic E-state index is 0.108. The minimum atomic E-state index is -3.72. The lowest BCUT2D eigenvalue weighted by atomic mass is 10.1. The summed E-state index contributed by atoms with van der Waals surface area (Å²) in [5.41, 5.74) is 1.61. The second-order valence-electron chi connectivity index (χ2n) is 6.84. The Balaban J connectivity index is 1.54. The molecule has 1 aromatic heterocycles. The van der Waals surface area contributed by atoms with Gasteiger partial charge in [0, 0.05) is 10.9 Å². The number of hydrogen-bond acceptors (Lipinski definition) is 5. The average molecular weight is 425 g/mol. The van der Waals surface area contributed by atoms with Crippen molar-refractivity contribution in [2.24, 2.45) is 0 Å². The number of thiazole rings is 1. The molecule has 4 aromatic rings. The molecule has 0 unspecified atom stereocenters. The maximum atomic E-state index is 12.8.